The molecule has 0 bridgehead atoms. The van der Waals surface area contributed by atoms with Gasteiger partial charge in [-0.3, -0.25) is 0 Å². The van der Waals surface area contributed by atoms with Gasteiger partial charge in [-0.2, -0.15) is 0 Å². The minimum Gasteiger partial charge on any atom is -0.398 e. The number of nitrogen functional groups attached to an aromatic ring is 2. The van der Waals surface area contributed by atoms with Crippen molar-refractivity contribution in [3.63, 3.8) is 0 Å². The van der Waals surface area contributed by atoms with Gasteiger partial charge < -0.3 is 11.5 Å². The molecule has 2 aromatic carbocycles. The first-order valence-electron chi connectivity index (χ1n) is 5.30. The smallest absolute Gasteiger partial charge is 0.0397 e. The van der Waals surface area contributed by atoms with Crippen LogP contribution >= 0.6 is 12.4 Å². The molecule has 2 rings (SSSR count). The Morgan fingerprint density at radius 1 is 0.706 bits per heavy atom. The maximum absolute atomic E-state index is 6.00. The average Bonchev–Trinajstić information content (AvgIpc) is 2.19. The molecule has 2 aromatic rings. The quantitative estimate of drug-likeness (QED) is 0.759. The van der Waals surface area contributed by atoms with Crippen molar-refractivity contribution in [1.29, 1.82) is 0 Å². The minimum absolute atomic E-state index is 0. The number of nitrogens with two attached hydrogens (primary N) is 2. The van der Waals surface area contributed by atoms with Gasteiger partial charge in [0.25, 0.3) is 0 Å². The van der Waals surface area contributed by atoms with Gasteiger partial charge in [0.15, 0.2) is 0 Å². The van der Waals surface area contributed by atoms with E-state index in [2.05, 4.69) is 0 Å². The topological polar surface area (TPSA) is 52.0 Å². The molecule has 0 atom stereocenters. The van der Waals surface area contributed by atoms with E-state index in [-0.39, 0.29) is 12.4 Å². The highest BCUT2D eigenvalue weighted by Gasteiger charge is 2.06. The van der Waals surface area contributed by atoms with Gasteiger partial charge in [0.2, 0.25) is 0 Å². The van der Waals surface area contributed by atoms with Crippen LogP contribution in [0.15, 0.2) is 36.4 Å². The van der Waals surface area contributed by atoms with Crippen molar-refractivity contribution in [3.05, 3.63) is 47.5 Å². The molecule has 0 saturated carbocycles. The lowest BCUT2D eigenvalue weighted by Crippen LogP contribution is -1.95. The first-order chi connectivity index (χ1) is 7.58. The Bertz CT molecular complexity index is 486. The van der Waals surface area contributed by atoms with Crippen molar-refractivity contribution in [3.8, 4) is 11.1 Å². The maximum atomic E-state index is 6.00. The first-order valence-corrected chi connectivity index (χ1v) is 5.30. The monoisotopic (exact) mass is 248 g/mol. The molecule has 0 aromatic heterocycles. The van der Waals surface area contributed by atoms with Crippen molar-refractivity contribution in [1.82, 2.24) is 0 Å². The molecule has 0 unspecified atom stereocenters. The van der Waals surface area contributed by atoms with E-state index in [4.69, 9.17) is 11.5 Å². The van der Waals surface area contributed by atoms with Gasteiger partial charge in [-0.25, -0.2) is 0 Å². The lowest BCUT2D eigenvalue weighted by Gasteiger charge is -2.10. The summed E-state index contributed by atoms with van der Waals surface area (Å²) in [6.07, 6.45) is 0. The van der Waals surface area contributed by atoms with Crippen LogP contribution in [0.1, 0.15) is 11.1 Å². The normalized spacial score (nSPS) is 9.76. The highest BCUT2D eigenvalue weighted by Crippen LogP contribution is 2.31. The average molecular weight is 249 g/mol. The van der Waals surface area contributed by atoms with E-state index in [0.29, 0.717) is 0 Å². The van der Waals surface area contributed by atoms with Crippen molar-refractivity contribution in [2.24, 2.45) is 0 Å². The molecule has 0 radical (unpaired) electrons. The van der Waals surface area contributed by atoms with Crippen LogP contribution in [0.2, 0.25) is 0 Å². The van der Waals surface area contributed by atoms with Crippen molar-refractivity contribution in [2.75, 3.05) is 11.5 Å². The third-order valence-corrected chi connectivity index (χ3v) is 2.70. The molecule has 0 spiro atoms. The van der Waals surface area contributed by atoms with Crippen LogP contribution in [-0.2, 0) is 0 Å². The predicted octanol–water partition coefficient (Wildman–Crippen LogP) is 3.56. The number of hydrogen-bond acceptors (Lipinski definition) is 2. The van der Waals surface area contributed by atoms with E-state index in [1.807, 2.05) is 50.2 Å². The Hall–Kier alpha value is -1.67. The van der Waals surface area contributed by atoms with E-state index >= 15 is 0 Å². The highest BCUT2D eigenvalue weighted by molar-refractivity contribution is 5.85. The van der Waals surface area contributed by atoms with E-state index in [0.717, 1.165) is 33.6 Å². The molecule has 90 valence electrons. The van der Waals surface area contributed by atoms with Crippen LogP contribution in [0, 0.1) is 13.8 Å². The molecular formula is C14H17ClN2. The fourth-order valence-electron chi connectivity index (χ4n) is 1.85. The summed E-state index contributed by atoms with van der Waals surface area (Å²) in [5.74, 6) is 0. The Morgan fingerprint density at radius 2 is 1.06 bits per heavy atom. The fraction of sp³-hybridized carbons (Fsp3) is 0.143. The number of benzene rings is 2. The summed E-state index contributed by atoms with van der Waals surface area (Å²) < 4.78 is 0. The van der Waals surface area contributed by atoms with Crippen LogP contribution in [0.25, 0.3) is 11.1 Å². The lowest BCUT2D eigenvalue weighted by atomic mass is 9.99. The number of halogens is 1. The van der Waals surface area contributed by atoms with Gasteiger partial charge >= 0.3 is 0 Å². The standard InChI is InChI=1S/C14H16N2.ClH/c1-9-3-5-11(13(15)7-9)12-6-4-10(2)8-14(12)16;/h3-8H,15-16H2,1-2H3;1H. The zero-order valence-corrected chi connectivity index (χ0v) is 10.8. The molecule has 0 aliphatic rings. The third kappa shape index (κ3) is 2.71. The number of anilines is 2. The molecule has 0 amide bonds. The molecule has 2 nitrogen and oxygen atoms in total. The molecule has 0 fully saturated rings. The summed E-state index contributed by atoms with van der Waals surface area (Å²) in [4.78, 5) is 0. The molecule has 3 heteroatoms. The molecule has 0 heterocycles. The summed E-state index contributed by atoms with van der Waals surface area (Å²) in [6.45, 7) is 4.05. The van der Waals surface area contributed by atoms with Crippen LogP contribution in [0.5, 0.6) is 0 Å². The molecule has 0 saturated heterocycles. The van der Waals surface area contributed by atoms with E-state index in [1.165, 1.54) is 0 Å². The number of aryl methyl sites for hydroxylation is 2. The molecule has 0 aliphatic heterocycles. The number of rotatable bonds is 1. The lowest BCUT2D eigenvalue weighted by molar-refractivity contribution is 1.45. The Balaban J connectivity index is 0.00000144. The van der Waals surface area contributed by atoms with Crippen LogP contribution in [0.4, 0.5) is 11.4 Å². The van der Waals surface area contributed by atoms with Crippen molar-refractivity contribution >= 4 is 23.8 Å². The van der Waals surface area contributed by atoms with E-state index in [9.17, 15) is 0 Å². The fourth-order valence-corrected chi connectivity index (χ4v) is 1.85. The largest absolute Gasteiger partial charge is 0.398 e. The summed E-state index contributed by atoms with van der Waals surface area (Å²) in [5, 5.41) is 0. The predicted molar refractivity (Wildman–Crippen MR) is 77.4 cm³/mol. The second kappa shape index (κ2) is 5.11. The van der Waals surface area contributed by atoms with Crippen molar-refractivity contribution in [2.45, 2.75) is 13.8 Å². The zero-order chi connectivity index (χ0) is 11.7. The summed E-state index contributed by atoms with van der Waals surface area (Å²) in [7, 11) is 0. The van der Waals surface area contributed by atoms with Gasteiger partial charge in [0.1, 0.15) is 0 Å². The molecule has 17 heavy (non-hydrogen) atoms. The highest BCUT2D eigenvalue weighted by atomic mass is 35.5. The molecule has 0 aliphatic carbocycles. The maximum Gasteiger partial charge on any atom is 0.0397 e. The van der Waals surface area contributed by atoms with E-state index < -0.39 is 0 Å². The van der Waals surface area contributed by atoms with Gasteiger partial charge in [0, 0.05) is 22.5 Å². The van der Waals surface area contributed by atoms with Gasteiger partial charge in [0.05, 0.1) is 0 Å². The molecule has 4 N–H and O–H groups in total. The summed E-state index contributed by atoms with van der Waals surface area (Å²) in [6, 6.07) is 12.1. The second-order valence-electron chi connectivity index (χ2n) is 4.18. The van der Waals surface area contributed by atoms with Crippen LogP contribution < -0.4 is 11.5 Å². The van der Waals surface area contributed by atoms with Gasteiger partial charge in [-0.05, 0) is 37.1 Å². The van der Waals surface area contributed by atoms with Crippen molar-refractivity contribution < 1.29 is 0 Å². The number of hydrogen-bond donors (Lipinski definition) is 2. The zero-order valence-electron chi connectivity index (χ0n) is 10.0. The van der Waals surface area contributed by atoms with Crippen LogP contribution in [0.3, 0.4) is 0 Å². The first kappa shape index (κ1) is 13.4. The van der Waals surface area contributed by atoms with Gasteiger partial charge in [-0.1, -0.05) is 24.3 Å². The Morgan fingerprint density at radius 3 is 1.35 bits per heavy atom. The molecular weight excluding hydrogens is 232 g/mol. The Kier molecular flexibility index (Phi) is 4.02. The second-order valence-corrected chi connectivity index (χ2v) is 4.18. The van der Waals surface area contributed by atoms with E-state index in [1.54, 1.807) is 0 Å². The van der Waals surface area contributed by atoms with Crippen LogP contribution in [-0.4, -0.2) is 0 Å². The Labute approximate surface area is 108 Å². The SMILES string of the molecule is Cc1ccc(-c2ccc(C)cc2N)c(N)c1.Cl. The summed E-state index contributed by atoms with van der Waals surface area (Å²) >= 11 is 0. The minimum atomic E-state index is 0. The third-order valence-electron chi connectivity index (χ3n) is 2.70. The summed E-state index contributed by atoms with van der Waals surface area (Å²) in [5.41, 5.74) is 17.9. The van der Waals surface area contributed by atoms with Gasteiger partial charge in [-0.15, -0.1) is 12.4 Å².